The van der Waals surface area contributed by atoms with Gasteiger partial charge < -0.3 is 19.3 Å². The van der Waals surface area contributed by atoms with Crippen molar-refractivity contribution in [2.45, 2.75) is 32.5 Å². The molecule has 1 N–H and O–H groups in total. The van der Waals surface area contributed by atoms with Crippen LogP contribution in [0.2, 0.25) is 0 Å². The third kappa shape index (κ3) is 7.05. The molecule has 4 rings (SSSR count). The van der Waals surface area contributed by atoms with Gasteiger partial charge in [-0.2, -0.15) is 5.10 Å². The van der Waals surface area contributed by atoms with Crippen molar-refractivity contribution in [3.63, 3.8) is 0 Å². The summed E-state index contributed by atoms with van der Waals surface area (Å²) < 4.78 is 19.4. The first-order valence-electron chi connectivity index (χ1n) is 11.4. The van der Waals surface area contributed by atoms with Gasteiger partial charge in [0.1, 0.15) is 30.3 Å². The number of nitrogens with zero attached hydrogens (tertiary/aromatic N) is 3. The van der Waals surface area contributed by atoms with Crippen LogP contribution in [-0.4, -0.2) is 64.9 Å². The molecule has 2 heterocycles. The molecule has 1 aromatic heterocycles. The molecule has 33 heavy (non-hydrogen) atoms. The van der Waals surface area contributed by atoms with E-state index >= 15 is 0 Å². The number of hydrogen-bond donors (Lipinski definition) is 1. The molecule has 1 fully saturated rings. The molecule has 2 aromatic carbocycles. The van der Waals surface area contributed by atoms with Crippen molar-refractivity contribution in [1.29, 1.82) is 0 Å². The number of aryl methyl sites for hydroxylation is 2. The maximum Gasteiger partial charge on any atom is 0.134 e. The first-order chi connectivity index (χ1) is 16.0. The van der Waals surface area contributed by atoms with Gasteiger partial charge in [-0.15, -0.1) is 0 Å². The molecule has 1 aliphatic rings. The number of β-amino-alcohol motifs (C(OH)–C–C–N with tert-alkyl or cyclic N) is 1. The van der Waals surface area contributed by atoms with Gasteiger partial charge in [0.05, 0.1) is 26.0 Å². The molecule has 0 aliphatic carbocycles. The van der Waals surface area contributed by atoms with Crippen molar-refractivity contribution in [1.82, 2.24) is 14.7 Å². The van der Waals surface area contributed by atoms with Crippen LogP contribution in [-0.2, 0) is 17.8 Å². The molecule has 7 nitrogen and oxygen atoms in total. The lowest BCUT2D eigenvalue weighted by Crippen LogP contribution is -2.48. The van der Waals surface area contributed by atoms with E-state index in [1.54, 1.807) is 0 Å². The Morgan fingerprint density at radius 3 is 2.67 bits per heavy atom. The van der Waals surface area contributed by atoms with Crippen LogP contribution in [0, 0.1) is 13.8 Å². The van der Waals surface area contributed by atoms with Crippen LogP contribution in [0.5, 0.6) is 11.5 Å². The Labute approximate surface area is 195 Å². The van der Waals surface area contributed by atoms with Gasteiger partial charge in [0.2, 0.25) is 0 Å². The molecule has 1 saturated heterocycles. The van der Waals surface area contributed by atoms with E-state index in [1.165, 1.54) is 0 Å². The van der Waals surface area contributed by atoms with E-state index in [1.807, 2.05) is 67.3 Å². The van der Waals surface area contributed by atoms with E-state index < -0.39 is 5.60 Å². The Kier molecular flexibility index (Phi) is 7.65. The normalized spacial score (nSPS) is 19.2. The van der Waals surface area contributed by atoms with E-state index in [9.17, 15) is 5.11 Å². The van der Waals surface area contributed by atoms with E-state index in [4.69, 9.17) is 14.2 Å². The molecule has 3 aromatic rings. The van der Waals surface area contributed by atoms with Crippen LogP contribution in [0.15, 0.2) is 60.9 Å². The fourth-order valence-electron chi connectivity index (χ4n) is 3.98. The van der Waals surface area contributed by atoms with Crippen molar-refractivity contribution >= 4 is 0 Å². The summed E-state index contributed by atoms with van der Waals surface area (Å²) in [6.45, 7) is 8.24. The zero-order valence-corrected chi connectivity index (χ0v) is 19.4. The minimum Gasteiger partial charge on any atom is -0.492 e. The van der Waals surface area contributed by atoms with Gasteiger partial charge >= 0.3 is 0 Å². The fraction of sp³-hybridized carbons (Fsp3) is 0.423. The molecule has 176 valence electrons. The number of benzene rings is 2. The van der Waals surface area contributed by atoms with E-state index in [0.29, 0.717) is 32.8 Å². The maximum absolute atomic E-state index is 11.2. The highest BCUT2D eigenvalue weighted by Crippen LogP contribution is 2.20. The average Bonchev–Trinajstić information content (AvgIpc) is 3.11. The number of rotatable bonds is 9. The Morgan fingerprint density at radius 1 is 1.06 bits per heavy atom. The Balaban J connectivity index is 1.32. The van der Waals surface area contributed by atoms with Crippen LogP contribution in [0.25, 0.3) is 0 Å². The smallest absolute Gasteiger partial charge is 0.134 e. The summed E-state index contributed by atoms with van der Waals surface area (Å²) in [4.78, 5) is 2.21. The SMILES string of the molecule is Cc1cccc(OC[C@@]2(O)COCCN(Cc3cccc(OCCn4cc(C)cn4)c3)C2)c1. The van der Waals surface area contributed by atoms with Gasteiger partial charge in [-0.1, -0.05) is 24.3 Å². The first-order valence-corrected chi connectivity index (χ1v) is 11.4. The second kappa shape index (κ2) is 10.8. The number of aromatic nitrogens is 2. The van der Waals surface area contributed by atoms with E-state index in [0.717, 1.165) is 34.7 Å². The highest BCUT2D eigenvalue weighted by Gasteiger charge is 2.33. The molecule has 0 spiro atoms. The molecule has 1 aliphatic heterocycles. The zero-order valence-electron chi connectivity index (χ0n) is 19.4. The number of aliphatic hydroxyl groups is 1. The second-order valence-corrected chi connectivity index (χ2v) is 8.87. The first kappa shape index (κ1) is 23.3. The number of ether oxygens (including phenoxy) is 3. The van der Waals surface area contributed by atoms with Crippen LogP contribution >= 0.6 is 0 Å². The van der Waals surface area contributed by atoms with Crippen molar-refractivity contribution in [3.8, 4) is 11.5 Å². The summed E-state index contributed by atoms with van der Waals surface area (Å²) in [6.07, 6.45) is 3.85. The quantitative estimate of drug-likeness (QED) is 0.539. The molecule has 7 heteroatoms. The van der Waals surface area contributed by atoms with Gasteiger partial charge in [0.15, 0.2) is 0 Å². The Hall–Kier alpha value is -2.87. The maximum atomic E-state index is 11.2. The van der Waals surface area contributed by atoms with Crippen molar-refractivity contribution in [3.05, 3.63) is 77.6 Å². The van der Waals surface area contributed by atoms with Gasteiger partial charge in [-0.3, -0.25) is 9.58 Å². The van der Waals surface area contributed by atoms with Crippen molar-refractivity contribution in [2.75, 3.05) is 39.5 Å². The third-order valence-corrected chi connectivity index (χ3v) is 5.59. The molecular formula is C26H33N3O4. The lowest BCUT2D eigenvalue weighted by Gasteiger charge is -2.30. The largest absolute Gasteiger partial charge is 0.492 e. The summed E-state index contributed by atoms with van der Waals surface area (Å²) in [5, 5.41) is 15.5. The van der Waals surface area contributed by atoms with Crippen LogP contribution < -0.4 is 9.47 Å². The summed E-state index contributed by atoms with van der Waals surface area (Å²) in [5.74, 6) is 1.59. The monoisotopic (exact) mass is 451 g/mol. The molecule has 0 saturated carbocycles. The average molecular weight is 452 g/mol. The second-order valence-electron chi connectivity index (χ2n) is 8.87. The molecule has 0 amide bonds. The van der Waals surface area contributed by atoms with Crippen LogP contribution in [0.1, 0.15) is 16.7 Å². The van der Waals surface area contributed by atoms with Gasteiger partial charge in [0, 0.05) is 25.8 Å². The Bertz CT molecular complexity index is 1040. The number of hydrogen-bond acceptors (Lipinski definition) is 6. The van der Waals surface area contributed by atoms with Crippen LogP contribution in [0.3, 0.4) is 0 Å². The molecule has 0 bridgehead atoms. The third-order valence-electron chi connectivity index (χ3n) is 5.59. The lowest BCUT2D eigenvalue weighted by atomic mass is 10.1. The van der Waals surface area contributed by atoms with Gasteiger partial charge in [-0.25, -0.2) is 0 Å². The highest BCUT2D eigenvalue weighted by molar-refractivity contribution is 5.29. The van der Waals surface area contributed by atoms with Gasteiger partial charge in [-0.05, 0) is 54.8 Å². The molecule has 0 unspecified atom stereocenters. The summed E-state index contributed by atoms with van der Waals surface area (Å²) in [6, 6.07) is 16.0. The minimum atomic E-state index is -1.07. The topological polar surface area (TPSA) is 69.0 Å². The van der Waals surface area contributed by atoms with E-state index in [-0.39, 0.29) is 13.2 Å². The standard InChI is InChI=1S/C26H33N3O4/c1-21-5-3-7-24(13-21)33-20-26(30)18-28(9-11-31-19-26)17-23-6-4-8-25(14-23)32-12-10-29-16-22(2)15-27-29/h3-8,13-16,30H,9-12,17-20H2,1-2H3/t26-/m0/s1. The lowest BCUT2D eigenvalue weighted by molar-refractivity contribution is -0.0646. The van der Waals surface area contributed by atoms with Gasteiger partial charge in [0.25, 0.3) is 0 Å². The van der Waals surface area contributed by atoms with Crippen molar-refractivity contribution in [2.24, 2.45) is 0 Å². The molecular weight excluding hydrogens is 418 g/mol. The summed E-state index contributed by atoms with van der Waals surface area (Å²) in [7, 11) is 0. The fourth-order valence-corrected chi connectivity index (χ4v) is 3.98. The summed E-state index contributed by atoms with van der Waals surface area (Å²) in [5.41, 5.74) is 2.32. The zero-order chi connectivity index (χ0) is 23.1. The van der Waals surface area contributed by atoms with Crippen molar-refractivity contribution < 1.29 is 19.3 Å². The Morgan fingerprint density at radius 2 is 1.88 bits per heavy atom. The predicted molar refractivity (Wildman–Crippen MR) is 127 cm³/mol. The van der Waals surface area contributed by atoms with E-state index in [2.05, 4.69) is 22.1 Å². The molecule has 0 radical (unpaired) electrons. The van der Waals surface area contributed by atoms with Crippen LogP contribution in [0.4, 0.5) is 0 Å². The minimum absolute atomic E-state index is 0.184. The summed E-state index contributed by atoms with van der Waals surface area (Å²) >= 11 is 0. The molecule has 1 atom stereocenters. The predicted octanol–water partition coefficient (Wildman–Crippen LogP) is 3.22. The highest BCUT2D eigenvalue weighted by atomic mass is 16.5.